The van der Waals surface area contributed by atoms with Crippen LogP contribution in [0.4, 0.5) is 0 Å². The number of hydrogen-bond acceptors (Lipinski definition) is 7. The third-order valence-electron chi connectivity index (χ3n) is 4.76. The number of rotatable bonds is 7. The molecule has 9 nitrogen and oxygen atoms in total. The lowest BCUT2D eigenvalue weighted by Gasteiger charge is -2.33. The van der Waals surface area contributed by atoms with E-state index in [4.69, 9.17) is 4.74 Å². The van der Waals surface area contributed by atoms with Crippen LogP contribution in [0.1, 0.15) is 5.56 Å². The van der Waals surface area contributed by atoms with Gasteiger partial charge in [-0.3, -0.25) is 9.69 Å². The summed E-state index contributed by atoms with van der Waals surface area (Å²) in [7, 11) is -2.10. The van der Waals surface area contributed by atoms with Gasteiger partial charge in [0.1, 0.15) is 0 Å². The van der Waals surface area contributed by atoms with Crippen molar-refractivity contribution in [2.75, 3.05) is 39.8 Å². The Morgan fingerprint density at radius 1 is 1.19 bits per heavy atom. The van der Waals surface area contributed by atoms with Crippen molar-refractivity contribution in [2.45, 2.75) is 4.90 Å². The van der Waals surface area contributed by atoms with E-state index in [2.05, 4.69) is 26.5 Å². The molecular formula is C20H23BrN4O5S. The molecule has 1 aliphatic heterocycles. The first-order valence-corrected chi connectivity index (χ1v) is 11.7. The third-order valence-corrected chi connectivity index (χ3v) is 7.20. The van der Waals surface area contributed by atoms with Crippen molar-refractivity contribution < 1.29 is 23.1 Å². The Balaban J connectivity index is 1.48. The predicted octanol–water partition coefficient (Wildman–Crippen LogP) is 1.62. The number of carbonyl (C=O) groups is 1. The van der Waals surface area contributed by atoms with Gasteiger partial charge in [0.25, 0.3) is 5.91 Å². The summed E-state index contributed by atoms with van der Waals surface area (Å²) >= 11 is 3.30. The molecule has 0 aliphatic carbocycles. The number of phenolic OH excluding ortho intramolecular Hbond substituents is 1. The monoisotopic (exact) mass is 510 g/mol. The van der Waals surface area contributed by atoms with E-state index in [1.807, 2.05) is 4.90 Å². The van der Waals surface area contributed by atoms with Crippen molar-refractivity contribution in [2.24, 2.45) is 5.10 Å². The minimum atomic E-state index is -3.55. The molecule has 31 heavy (non-hydrogen) atoms. The number of hydrogen-bond donors (Lipinski definition) is 2. The number of phenols is 1. The Morgan fingerprint density at radius 2 is 1.87 bits per heavy atom. The summed E-state index contributed by atoms with van der Waals surface area (Å²) in [5, 5.41) is 13.5. The van der Waals surface area contributed by atoms with Gasteiger partial charge >= 0.3 is 0 Å². The van der Waals surface area contributed by atoms with Gasteiger partial charge < -0.3 is 9.84 Å². The fourth-order valence-electron chi connectivity index (χ4n) is 3.08. The number of carbonyl (C=O) groups excluding carboxylic acids is 1. The maximum absolute atomic E-state index is 12.7. The van der Waals surface area contributed by atoms with Crippen molar-refractivity contribution >= 4 is 38.1 Å². The summed E-state index contributed by atoms with van der Waals surface area (Å²) in [6.07, 6.45) is 1.45. The van der Waals surface area contributed by atoms with Crippen LogP contribution in [0, 0.1) is 0 Å². The van der Waals surface area contributed by atoms with Gasteiger partial charge in [-0.15, -0.1) is 0 Å². The summed E-state index contributed by atoms with van der Waals surface area (Å²) < 4.78 is 32.7. The summed E-state index contributed by atoms with van der Waals surface area (Å²) in [6.45, 7) is 1.62. The number of aromatic hydroxyl groups is 1. The van der Waals surface area contributed by atoms with Crippen LogP contribution in [-0.4, -0.2) is 74.7 Å². The molecule has 0 radical (unpaired) electrons. The van der Waals surface area contributed by atoms with E-state index in [1.165, 1.54) is 23.7 Å². The second-order valence-corrected chi connectivity index (χ2v) is 9.71. The maximum atomic E-state index is 12.7. The van der Waals surface area contributed by atoms with Gasteiger partial charge in [0.15, 0.2) is 11.5 Å². The van der Waals surface area contributed by atoms with Crippen LogP contribution in [0.3, 0.4) is 0 Å². The number of sulfonamides is 1. The summed E-state index contributed by atoms with van der Waals surface area (Å²) in [6, 6.07) is 11.2. The van der Waals surface area contributed by atoms with E-state index in [-0.39, 0.29) is 23.1 Å². The molecule has 0 bridgehead atoms. The topological polar surface area (TPSA) is 112 Å². The van der Waals surface area contributed by atoms with E-state index in [0.717, 1.165) is 4.47 Å². The average molecular weight is 511 g/mol. The molecule has 0 saturated carbocycles. The fourth-order valence-corrected chi connectivity index (χ4v) is 4.76. The van der Waals surface area contributed by atoms with Crippen molar-refractivity contribution in [3.05, 3.63) is 52.5 Å². The lowest BCUT2D eigenvalue weighted by Crippen LogP contribution is -2.50. The lowest BCUT2D eigenvalue weighted by molar-refractivity contribution is -0.122. The normalized spacial score (nSPS) is 15.8. The minimum absolute atomic E-state index is 0.0185. The summed E-state index contributed by atoms with van der Waals surface area (Å²) in [4.78, 5) is 14.3. The van der Waals surface area contributed by atoms with Gasteiger partial charge in [0, 0.05) is 30.7 Å². The molecule has 166 valence electrons. The van der Waals surface area contributed by atoms with Crippen LogP contribution in [-0.2, 0) is 14.8 Å². The molecule has 2 aromatic carbocycles. The Kier molecular flexibility index (Phi) is 7.65. The maximum Gasteiger partial charge on any atom is 0.254 e. The Labute approximate surface area is 189 Å². The highest BCUT2D eigenvalue weighted by Crippen LogP contribution is 2.25. The second kappa shape index (κ2) is 10.2. The number of nitrogens with zero attached hydrogens (tertiary/aromatic N) is 3. The van der Waals surface area contributed by atoms with Crippen LogP contribution in [0.5, 0.6) is 11.5 Å². The lowest BCUT2D eigenvalue weighted by atomic mass is 10.2. The van der Waals surface area contributed by atoms with Crippen molar-refractivity contribution in [3.8, 4) is 11.5 Å². The molecule has 0 spiro atoms. The number of nitrogens with one attached hydrogen (secondary N) is 1. The third kappa shape index (κ3) is 6.03. The first-order valence-electron chi connectivity index (χ1n) is 9.46. The number of methoxy groups -OCH3 is 1. The SMILES string of the molecule is COc1cc(C=NNC(=O)CN2CCN(S(=O)(=O)c3ccc(Br)cc3)CC2)ccc1O. The van der Waals surface area contributed by atoms with Crippen LogP contribution >= 0.6 is 15.9 Å². The average Bonchev–Trinajstić information content (AvgIpc) is 2.75. The fraction of sp³-hybridized carbons (Fsp3) is 0.300. The number of hydrazone groups is 1. The molecule has 1 saturated heterocycles. The molecule has 2 N–H and O–H groups in total. The van der Waals surface area contributed by atoms with Gasteiger partial charge in [-0.05, 0) is 48.0 Å². The molecule has 3 rings (SSSR count). The molecule has 1 aliphatic rings. The largest absolute Gasteiger partial charge is 0.504 e. The molecule has 1 fully saturated rings. The standard InChI is InChI=1S/C20H23BrN4O5S/c1-30-19-12-15(2-7-18(19)26)13-22-23-20(27)14-24-8-10-25(11-9-24)31(28,29)17-5-3-16(21)4-6-17/h2-7,12-13,26H,8-11,14H2,1H3,(H,23,27). The number of halogens is 1. The van der Waals surface area contributed by atoms with Crippen molar-refractivity contribution in [1.82, 2.24) is 14.6 Å². The molecule has 0 unspecified atom stereocenters. The van der Waals surface area contributed by atoms with Gasteiger partial charge in [-0.1, -0.05) is 15.9 Å². The predicted molar refractivity (Wildman–Crippen MR) is 120 cm³/mol. The van der Waals surface area contributed by atoms with Gasteiger partial charge in [0.2, 0.25) is 10.0 Å². The summed E-state index contributed by atoms with van der Waals surface area (Å²) in [5.74, 6) is 0.0300. The molecule has 0 atom stereocenters. The molecule has 2 aromatic rings. The van der Waals surface area contributed by atoms with Crippen molar-refractivity contribution in [3.63, 3.8) is 0 Å². The molecular weight excluding hydrogens is 488 g/mol. The zero-order chi connectivity index (χ0) is 22.4. The first-order chi connectivity index (χ1) is 14.8. The second-order valence-electron chi connectivity index (χ2n) is 6.86. The van der Waals surface area contributed by atoms with E-state index >= 15 is 0 Å². The minimum Gasteiger partial charge on any atom is -0.504 e. The highest BCUT2D eigenvalue weighted by molar-refractivity contribution is 9.10. The number of benzene rings is 2. The summed E-state index contributed by atoms with van der Waals surface area (Å²) in [5.41, 5.74) is 3.11. The van der Waals surface area contributed by atoms with Gasteiger partial charge in [-0.2, -0.15) is 9.41 Å². The van der Waals surface area contributed by atoms with E-state index < -0.39 is 10.0 Å². The smallest absolute Gasteiger partial charge is 0.254 e. The molecule has 0 aromatic heterocycles. The number of amides is 1. The van der Waals surface area contributed by atoms with Gasteiger partial charge in [-0.25, -0.2) is 13.8 Å². The van der Waals surface area contributed by atoms with Gasteiger partial charge in [0.05, 0.1) is 24.8 Å². The van der Waals surface area contributed by atoms with E-state index in [1.54, 1.807) is 36.4 Å². The number of piperazine rings is 1. The molecule has 1 amide bonds. The van der Waals surface area contributed by atoms with Crippen LogP contribution in [0.15, 0.2) is 56.9 Å². The van der Waals surface area contributed by atoms with Crippen LogP contribution in [0.25, 0.3) is 0 Å². The van der Waals surface area contributed by atoms with Crippen LogP contribution in [0.2, 0.25) is 0 Å². The number of ether oxygens (including phenoxy) is 1. The zero-order valence-electron chi connectivity index (χ0n) is 16.9. The van der Waals surface area contributed by atoms with E-state index in [9.17, 15) is 18.3 Å². The van der Waals surface area contributed by atoms with Crippen LogP contribution < -0.4 is 10.2 Å². The zero-order valence-corrected chi connectivity index (χ0v) is 19.3. The highest BCUT2D eigenvalue weighted by atomic mass is 79.9. The Morgan fingerprint density at radius 3 is 2.52 bits per heavy atom. The molecule has 1 heterocycles. The highest BCUT2D eigenvalue weighted by Gasteiger charge is 2.28. The van der Waals surface area contributed by atoms with Crippen molar-refractivity contribution in [1.29, 1.82) is 0 Å². The Bertz CT molecular complexity index is 1050. The molecule has 11 heteroatoms. The van der Waals surface area contributed by atoms with E-state index in [0.29, 0.717) is 37.5 Å². The first kappa shape index (κ1) is 23.2. The Hall–Kier alpha value is -2.47. The quantitative estimate of drug-likeness (QED) is 0.432.